The molecule has 0 bridgehead atoms. The molecule has 0 heterocycles. The molecule has 0 aliphatic heterocycles. The summed E-state index contributed by atoms with van der Waals surface area (Å²) in [6, 6.07) is 0. The molecule has 2 N–H and O–H groups in total. The van der Waals surface area contributed by atoms with E-state index in [0.717, 1.165) is 32.1 Å². The lowest BCUT2D eigenvalue weighted by Gasteiger charge is -2.13. The smallest absolute Gasteiger partial charge is 0.331 e. The fraction of sp³-hybridized carbons (Fsp3) is 0.818. The molecule has 37 heavy (non-hydrogen) atoms. The van der Waals surface area contributed by atoms with Crippen molar-refractivity contribution in [1.82, 2.24) is 0 Å². The molecule has 218 valence electrons. The van der Waals surface area contributed by atoms with E-state index in [0.29, 0.717) is 11.1 Å². The maximum Gasteiger partial charge on any atom is 0.331 e. The van der Waals surface area contributed by atoms with Crippen LogP contribution < -0.4 is 0 Å². The third kappa shape index (κ3) is 27.3. The first-order valence-electron chi connectivity index (χ1n) is 15.6. The van der Waals surface area contributed by atoms with E-state index in [1.165, 1.54) is 109 Å². The molecule has 0 amide bonds. The fourth-order valence-electron chi connectivity index (χ4n) is 4.54. The lowest BCUT2D eigenvalue weighted by atomic mass is 9.92. The lowest BCUT2D eigenvalue weighted by Crippen LogP contribution is -2.10. The van der Waals surface area contributed by atoms with Gasteiger partial charge in [0.05, 0.1) is 0 Å². The van der Waals surface area contributed by atoms with Gasteiger partial charge in [-0.3, -0.25) is 0 Å². The van der Waals surface area contributed by atoms with E-state index in [-0.39, 0.29) is 5.92 Å². The Balaban J connectivity index is 0. The number of hydrogen-bond donors (Lipinski definition) is 2. The molecule has 0 spiro atoms. The number of aliphatic carboxylic acids is 2. The summed E-state index contributed by atoms with van der Waals surface area (Å²) < 4.78 is 0. The molecule has 0 aromatic rings. The highest BCUT2D eigenvalue weighted by Crippen LogP contribution is 2.21. The third-order valence-electron chi connectivity index (χ3n) is 7.26. The van der Waals surface area contributed by atoms with Crippen LogP contribution in [0.1, 0.15) is 169 Å². The minimum atomic E-state index is -0.844. The molecule has 0 fully saturated rings. The Morgan fingerprint density at radius 1 is 0.622 bits per heavy atom. The monoisotopic (exact) mass is 522 g/mol. The summed E-state index contributed by atoms with van der Waals surface area (Å²) >= 11 is 0. The second-order valence-corrected chi connectivity index (χ2v) is 10.7. The molecular formula is C33H62O4. The summed E-state index contributed by atoms with van der Waals surface area (Å²) in [4.78, 5) is 21.3. The van der Waals surface area contributed by atoms with Crippen LogP contribution in [0.5, 0.6) is 0 Å². The van der Waals surface area contributed by atoms with Crippen molar-refractivity contribution in [2.24, 2.45) is 5.92 Å². The van der Waals surface area contributed by atoms with E-state index in [1.54, 1.807) is 6.92 Å². The van der Waals surface area contributed by atoms with Gasteiger partial charge in [0.1, 0.15) is 0 Å². The van der Waals surface area contributed by atoms with Gasteiger partial charge in [0.2, 0.25) is 0 Å². The van der Waals surface area contributed by atoms with Gasteiger partial charge in [0.15, 0.2) is 0 Å². The van der Waals surface area contributed by atoms with Crippen molar-refractivity contribution < 1.29 is 19.8 Å². The molecule has 4 heteroatoms. The Bertz CT molecular complexity index is 579. The quantitative estimate of drug-likeness (QED) is 0.0923. The summed E-state index contributed by atoms with van der Waals surface area (Å²) in [5.41, 5.74) is 0.856. The van der Waals surface area contributed by atoms with Crippen molar-refractivity contribution in [3.05, 3.63) is 23.8 Å². The number of unbranched alkanes of at least 4 members (excludes halogenated alkanes) is 18. The molecule has 0 radical (unpaired) electrons. The largest absolute Gasteiger partial charge is 0.478 e. The Morgan fingerprint density at radius 3 is 1.35 bits per heavy atom. The topological polar surface area (TPSA) is 74.6 Å². The summed E-state index contributed by atoms with van der Waals surface area (Å²) in [6.07, 6.45) is 30.1. The van der Waals surface area contributed by atoms with Crippen LogP contribution in [-0.4, -0.2) is 22.2 Å². The van der Waals surface area contributed by atoms with Crippen molar-refractivity contribution in [2.75, 3.05) is 0 Å². The molecule has 0 aliphatic rings. The van der Waals surface area contributed by atoms with E-state index in [4.69, 9.17) is 10.2 Å². The van der Waals surface area contributed by atoms with Crippen molar-refractivity contribution in [1.29, 1.82) is 0 Å². The molecular weight excluding hydrogens is 460 g/mol. The number of hydrogen-bond acceptors (Lipinski definition) is 2. The first kappa shape index (κ1) is 37.6. The zero-order valence-corrected chi connectivity index (χ0v) is 25.1. The second kappa shape index (κ2) is 29.0. The van der Waals surface area contributed by atoms with Gasteiger partial charge in [-0.2, -0.15) is 0 Å². The number of carbonyl (C=O) groups is 2. The number of rotatable bonds is 25. The summed E-state index contributed by atoms with van der Waals surface area (Å²) in [6.45, 7) is 11.7. The van der Waals surface area contributed by atoms with Crippen LogP contribution in [0.25, 0.3) is 0 Å². The van der Waals surface area contributed by atoms with Gasteiger partial charge in [0.25, 0.3) is 0 Å². The predicted molar refractivity (Wildman–Crippen MR) is 160 cm³/mol. The first-order valence-corrected chi connectivity index (χ1v) is 15.6. The molecule has 0 aromatic carbocycles. The van der Waals surface area contributed by atoms with E-state index in [1.807, 2.05) is 13.0 Å². The van der Waals surface area contributed by atoms with Crippen molar-refractivity contribution in [3.8, 4) is 0 Å². The van der Waals surface area contributed by atoms with Crippen LogP contribution in [0.2, 0.25) is 0 Å². The predicted octanol–water partition coefficient (Wildman–Crippen LogP) is 10.9. The van der Waals surface area contributed by atoms with Gasteiger partial charge in [0, 0.05) is 11.1 Å². The van der Waals surface area contributed by atoms with Gasteiger partial charge in [-0.05, 0) is 38.5 Å². The van der Waals surface area contributed by atoms with Gasteiger partial charge in [-0.15, -0.1) is 0 Å². The van der Waals surface area contributed by atoms with Crippen LogP contribution in [0.15, 0.2) is 23.8 Å². The van der Waals surface area contributed by atoms with Gasteiger partial charge in [-0.25, -0.2) is 9.59 Å². The Labute approximate surface area is 230 Å². The average molecular weight is 523 g/mol. The van der Waals surface area contributed by atoms with Crippen molar-refractivity contribution in [3.63, 3.8) is 0 Å². The summed E-state index contributed by atoms with van der Waals surface area (Å²) in [5, 5.41) is 17.5. The zero-order chi connectivity index (χ0) is 28.2. The summed E-state index contributed by atoms with van der Waals surface area (Å²) in [5.74, 6) is -1.46. The van der Waals surface area contributed by atoms with Crippen LogP contribution in [0.4, 0.5) is 0 Å². The van der Waals surface area contributed by atoms with Crippen LogP contribution >= 0.6 is 0 Å². The maximum atomic E-state index is 10.6. The van der Waals surface area contributed by atoms with E-state index >= 15 is 0 Å². The fourth-order valence-corrected chi connectivity index (χ4v) is 4.54. The van der Waals surface area contributed by atoms with E-state index in [2.05, 4.69) is 20.4 Å². The maximum absolute atomic E-state index is 10.6. The Hall–Kier alpha value is -1.58. The van der Waals surface area contributed by atoms with Crippen LogP contribution in [0.3, 0.4) is 0 Å². The average Bonchev–Trinajstić information content (AvgIpc) is 2.88. The lowest BCUT2D eigenvalue weighted by molar-refractivity contribution is -0.134. The SMILES string of the molecule is C=C(C(=O)O)C(CC)CCCCC.CCCCCCCCCCCCCCCCCCC=C(C)C(=O)O. The van der Waals surface area contributed by atoms with Crippen LogP contribution in [0, 0.1) is 5.92 Å². The number of carboxylic acids is 2. The van der Waals surface area contributed by atoms with E-state index in [9.17, 15) is 9.59 Å². The number of carboxylic acid groups (broad SMARTS) is 2. The zero-order valence-electron chi connectivity index (χ0n) is 25.1. The Kier molecular flexibility index (Phi) is 29.4. The molecule has 4 nitrogen and oxygen atoms in total. The van der Waals surface area contributed by atoms with Crippen molar-refractivity contribution in [2.45, 2.75) is 169 Å². The van der Waals surface area contributed by atoms with Crippen LogP contribution in [-0.2, 0) is 9.59 Å². The highest BCUT2D eigenvalue weighted by molar-refractivity contribution is 5.86. The third-order valence-corrected chi connectivity index (χ3v) is 7.26. The minimum Gasteiger partial charge on any atom is -0.478 e. The molecule has 0 rings (SSSR count). The van der Waals surface area contributed by atoms with Gasteiger partial charge >= 0.3 is 11.9 Å². The van der Waals surface area contributed by atoms with Crippen molar-refractivity contribution >= 4 is 11.9 Å². The second-order valence-electron chi connectivity index (χ2n) is 10.7. The molecule has 0 aliphatic carbocycles. The van der Waals surface area contributed by atoms with E-state index < -0.39 is 11.9 Å². The van der Waals surface area contributed by atoms with Gasteiger partial charge in [-0.1, -0.05) is 149 Å². The van der Waals surface area contributed by atoms with Gasteiger partial charge < -0.3 is 10.2 Å². The molecule has 0 saturated heterocycles. The first-order chi connectivity index (χ1) is 17.8. The number of allylic oxidation sites excluding steroid dienone is 1. The summed E-state index contributed by atoms with van der Waals surface area (Å²) in [7, 11) is 0. The standard InChI is InChI=1S/C22H42O2.C11H20O2/c1-3-4-5-6-7-8-9-10-11-12-13-14-15-16-17-18-19-20-21(2)22(23)24;1-4-6-7-8-10(5-2)9(3)11(12)13/h20H,3-19H2,1-2H3,(H,23,24);10H,3-8H2,1-2H3,(H,12,13). The Morgan fingerprint density at radius 2 is 1.00 bits per heavy atom. The highest BCUT2D eigenvalue weighted by Gasteiger charge is 2.15. The minimum absolute atomic E-state index is 0.170. The molecule has 0 saturated carbocycles. The molecule has 1 unspecified atom stereocenters. The highest BCUT2D eigenvalue weighted by atomic mass is 16.4. The molecule has 1 atom stereocenters. The molecule has 0 aromatic heterocycles. The normalized spacial score (nSPS) is 12.1.